The molecule has 6 nitrogen and oxygen atoms in total. The number of halogens is 1. The molecule has 0 aliphatic carbocycles. The van der Waals surface area contributed by atoms with Gasteiger partial charge in [0, 0.05) is 13.1 Å². The molecule has 0 saturated carbocycles. The molecule has 7 heteroatoms. The van der Waals surface area contributed by atoms with Crippen LogP contribution in [0.5, 0.6) is 0 Å². The van der Waals surface area contributed by atoms with Crippen LogP contribution in [0, 0.1) is 21.3 Å². The van der Waals surface area contributed by atoms with Crippen LogP contribution in [0.1, 0.15) is 30.1 Å². The summed E-state index contributed by atoms with van der Waals surface area (Å²) in [4.78, 5) is 22.3. The van der Waals surface area contributed by atoms with Gasteiger partial charge in [-0.15, -0.1) is 0 Å². The minimum atomic E-state index is -0.748. The highest BCUT2D eigenvalue weighted by molar-refractivity contribution is 5.98. The highest BCUT2D eigenvalue weighted by atomic mass is 19.1. The Morgan fingerprint density at radius 3 is 2.95 bits per heavy atom. The van der Waals surface area contributed by atoms with Gasteiger partial charge < -0.3 is 10.6 Å². The zero-order valence-corrected chi connectivity index (χ0v) is 11.8. The summed E-state index contributed by atoms with van der Waals surface area (Å²) in [6, 6.07) is 2.95. The number of nitro groups is 1. The van der Waals surface area contributed by atoms with Crippen LogP contribution in [0.2, 0.25) is 0 Å². The molecule has 1 aromatic carbocycles. The van der Waals surface area contributed by atoms with E-state index < -0.39 is 22.3 Å². The van der Waals surface area contributed by atoms with Crippen molar-refractivity contribution < 1.29 is 14.1 Å². The van der Waals surface area contributed by atoms with Crippen molar-refractivity contribution in [1.29, 1.82) is 0 Å². The van der Waals surface area contributed by atoms with Gasteiger partial charge in [0.1, 0.15) is 11.4 Å². The Hall–Kier alpha value is -2.02. The molecule has 0 spiro atoms. The average Bonchev–Trinajstić information content (AvgIpc) is 2.45. The number of rotatable bonds is 4. The van der Waals surface area contributed by atoms with Crippen LogP contribution in [0.25, 0.3) is 0 Å². The van der Waals surface area contributed by atoms with E-state index in [1.54, 1.807) is 0 Å². The van der Waals surface area contributed by atoms with Crippen molar-refractivity contribution in [3.63, 3.8) is 0 Å². The second-order valence-corrected chi connectivity index (χ2v) is 5.69. The van der Waals surface area contributed by atoms with Crippen LogP contribution in [0.4, 0.5) is 10.1 Å². The van der Waals surface area contributed by atoms with Crippen LogP contribution in [0.15, 0.2) is 18.2 Å². The summed E-state index contributed by atoms with van der Waals surface area (Å²) in [7, 11) is 0. The summed E-state index contributed by atoms with van der Waals surface area (Å²) in [5.74, 6) is -1.28. The standard InChI is InChI=1S/C14H18FN3O3/c1-14(5-2-6-16-8-14)9-17-13(19)11-4-3-10(15)7-12(11)18(20)21/h3-4,7,16H,2,5-6,8-9H2,1H3,(H,17,19). The molecular formula is C14H18FN3O3. The van der Waals surface area contributed by atoms with E-state index in [0.717, 1.165) is 44.1 Å². The van der Waals surface area contributed by atoms with Crippen molar-refractivity contribution in [3.8, 4) is 0 Å². The lowest BCUT2D eigenvalue weighted by Gasteiger charge is -2.34. The van der Waals surface area contributed by atoms with E-state index in [0.29, 0.717) is 6.54 Å². The number of piperidine rings is 1. The quantitative estimate of drug-likeness (QED) is 0.656. The van der Waals surface area contributed by atoms with Gasteiger partial charge in [-0.05, 0) is 36.9 Å². The molecule has 1 heterocycles. The smallest absolute Gasteiger partial charge is 0.285 e. The van der Waals surface area contributed by atoms with Crippen molar-refractivity contribution in [2.75, 3.05) is 19.6 Å². The van der Waals surface area contributed by atoms with Gasteiger partial charge in [-0.25, -0.2) is 4.39 Å². The molecule has 1 aliphatic heterocycles. The topological polar surface area (TPSA) is 84.3 Å². The SMILES string of the molecule is CC1(CNC(=O)c2ccc(F)cc2[N+](=O)[O-])CCCNC1. The highest BCUT2D eigenvalue weighted by Crippen LogP contribution is 2.25. The largest absolute Gasteiger partial charge is 0.351 e. The number of amides is 1. The Labute approximate surface area is 121 Å². The molecule has 1 amide bonds. The fourth-order valence-electron chi connectivity index (χ4n) is 2.51. The zero-order chi connectivity index (χ0) is 15.5. The lowest BCUT2D eigenvalue weighted by molar-refractivity contribution is -0.385. The first kappa shape index (κ1) is 15.4. The summed E-state index contributed by atoms with van der Waals surface area (Å²) in [6.07, 6.45) is 2.01. The minimum absolute atomic E-state index is 0.0667. The van der Waals surface area contributed by atoms with Crippen molar-refractivity contribution in [2.24, 2.45) is 5.41 Å². The molecule has 2 N–H and O–H groups in total. The van der Waals surface area contributed by atoms with Crippen LogP contribution in [-0.2, 0) is 0 Å². The predicted molar refractivity (Wildman–Crippen MR) is 75.6 cm³/mol. The number of nitrogens with one attached hydrogen (secondary N) is 2. The van der Waals surface area contributed by atoms with Gasteiger partial charge >= 0.3 is 0 Å². The maximum atomic E-state index is 13.1. The van der Waals surface area contributed by atoms with E-state index in [-0.39, 0.29) is 11.0 Å². The van der Waals surface area contributed by atoms with Crippen molar-refractivity contribution >= 4 is 11.6 Å². The molecule has 1 unspecified atom stereocenters. The van der Waals surface area contributed by atoms with Crippen molar-refractivity contribution in [2.45, 2.75) is 19.8 Å². The minimum Gasteiger partial charge on any atom is -0.351 e. The van der Waals surface area contributed by atoms with E-state index in [9.17, 15) is 19.3 Å². The lowest BCUT2D eigenvalue weighted by atomic mass is 9.83. The number of benzene rings is 1. The van der Waals surface area contributed by atoms with Crippen molar-refractivity contribution in [1.82, 2.24) is 10.6 Å². The first-order valence-corrected chi connectivity index (χ1v) is 6.84. The van der Waals surface area contributed by atoms with E-state index in [4.69, 9.17) is 0 Å². The maximum Gasteiger partial charge on any atom is 0.285 e. The van der Waals surface area contributed by atoms with Crippen LogP contribution >= 0.6 is 0 Å². The van der Waals surface area contributed by atoms with Crippen molar-refractivity contribution in [3.05, 3.63) is 39.7 Å². The lowest BCUT2D eigenvalue weighted by Crippen LogP contribution is -2.45. The van der Waals surface area contributed by atoms with E-state index in [2.05, 4.69) is 17.6 Å². The molecule has 21 heavy (non-hydrogen) atoms. The number of nitrogens with zero attached hydrogens (tertiary/aromatic N) is 1. The molecule has 0 aromatic heterocycles. The summed E-state index contributed by atoms with van der Waals surface area (Å²) in [5, 5.41) is 16.9. The second-order valence-electron chi connectivity index (χ2n) is 5.69. The molecule has 0 radical (unpaired) electrons. The molecule has 114 valence electrons. The number of carbonyl (C=O) groups is 1. The van der Waals surface area contributed by atoms with Gasteiger partial charge in [0.25, 0.3) is 11.6 Å². The predicted octanol–water partition coefficient (Wildman–Crippen LogP) is 1.85. The molecule has 1 atom stereocenters. The van der Waals surface area contributed by atoms with E-state index in [1.807, 2.05) is 0 Å². The third-order valence-corrected chi connectivity index (χ3v) is 3.76. The van der Waals surface area contributed by atoms with E-state index >= 15 is 0 Å². The Morgan fingerprint density at radius 2 is 2.33 bits per heavy atom. The van der Waals surface area contributed by atoms with Crippen LogP contribution in [-0.4, -0.2) is 30.5 Å². The van der Waals surface area contributed by atoms with Gasteiger partial charge in [0.15, 0.2) is 0 Å². The molecule has 1 aromatic rings. The van der Waals surface area contributed by atoms with Gasteiger partial charge in [0.2, 0.25) is 0 Å². The molecule has 0 bridgehead atoms. The fourth-order valence-corrected chi connectivity index (χ4v) is 2.51. The van der Waals surface area contributed by atoms with Crippen LogP contribution < -0.4 is 10.6 Å². The number of carbonyl (C=O) groups excluding carboxylic acids is 1. The van der Waals surface area contributed by atoms with E-state index in [1.165, 1.54) is 0 Å². The molecule has 2 rings (SSSR count). The Kier molecular flexibility index (Phi) is 4.52. The normalized spacial score (nSPS) is 21.8. The summed E-state index contributed by atoms with van der Waals surface area (Å²) >= 11 is 0. The maximum absolute atomic E-state index is 13.1. The first-order valence-electron chi connectivity index (χ1n) is 6.84. The molecule has 1 fully saturated rings. The van der Waals surface area contributed by atoms with Crippen LogP contribution in [0.3, 0.4) is 0 Å². The monoisotopic (exact) mass is 295 g/mol. The molecule has 1 saturated heterocycles. The second kappa shape index (κ2) is 6.17. The summed E-state index contributed by atoms with van der Waals surface area (Å²) < 4.78 is 13.1. The number of hydrogen-bond donors (Lipinski definition) is 2. The highest BCUT2D eigenvalue weighted by Gasteiger charge is 2.28. The number of hydrogen-bond acceptors (Lipinski definition) is 4. The zero-order valence-electron chi connectivity index (χ0n) is 11.8. The number of nitro benzene ring substituents is 1. The van der Waals surface area contributed by atoms with Gasteiger partial charge in [-0.2, -0.15) is 0 Å². The van der Waals surface area contributed by atoms with Gasteiger partial charge in [-0.3, -0.25) is 14.9 Å². The summed E-state index contributed by atoms with van der Waals surface area (Å²) in [6.45, 7) is 4.23. The third kappa shape index (κ3) is 3.75. The Balaban J connectivity index is 2.08. The average molecular weight is 295 g/mol. The Bertz CT molecular complexity index is 556. The Morgan fingerprint density at radius 1 is 1.57 bits per heavy atom. The first-order chi connectivity index (χ1) is 9.91. The molecule has 1 aliphatic rings. The fraction of sp³-hybridized carbons (Fsp3) is 0.500. The molecular weight excluding hydrogens is 277 g/mol. The summed E-state index contributed by atoms with van der Waals surface area (Å²) in [5.41, 5.74) is -0.698. The van der Waals surface area contributed by atoms with Gasteiger partial charge in [0.05, 0.1) is 11.0 Å². The van der Waals surface area contributed by atoms with Gasteiger partial charge in [-0.1, -0.05) is 6.92 Å². The third-order valence-electron chi connectivity index (χ3n) is 3.76.